The molecule has 2 rings (SSSR count). The zero-order valence-corrected chi connectivity index (χ0v) is 12.8. The van der Waals surface area contributed by atoms with Crippen molar-refractivity contribution in [1.29, 1.82) is 0 Å². The summed E-state index contributed by atoms with van der Waals surface area (Å²) in [4.78, 5) is 13.4. The molecule has 1 saturated heterocycles. The first-order valence-corrected chi connectivity index (χ1v) is 7.13. The van der Waals surface area contributed by atoms with Crippen LogP contribution in [-0.2, 0) is 4.74 Å². The predicted octanol–water partition coefficient (Wildman–Crippen LogP) is 2.71. The molecule has 5 heteroatoms. The van der Waals surface area contributed by atoms with Crippen LogP contribution in [0.1, 0.15) is 23.2 Å². The van der Waals surface area contributed by atoms with E-state index in [1.165, 1.54) is 0 Å². The maximum Gasteiger partial charge on any atom is 0.253 e. The van der Waals surface area contributed by atoms with Gasteiger partial charge in [0.05, 0.1) is 10.6 Å². The molecule has 1 aliphatic heterocycles. The normalized spacial score (nSPS) is 18.4. The maximum absolute atomic E-state index is 11.8. The van der Waals surface area contributed by atoms with Crippen LogP contribution in [0.4, 0.5) is 0 Å². The number of halogens is 1. The van der Waals surface area contributed by atoms with Crippen molar-refractivity contribution in [3.8, 4) is 5.75 Å². The van der Waals surface area contributed by atoms with Crippen molar-refractivity contribution >= 4 is 21.8 Å². The minimum absolute atomic E-state index is 0.0219. The van der Waals surface area contributed by atoms with Crippen LogP contribution < -0.4 is 4.74 Å². The SMILES string of the molecule is CN(C)C(=O)c1ccc(OC[C@@H]2CCCO2)c(Br)c1. The van der Waals surface area contributed by atoms with Gasteiger partial charge in [-0.15, -0.1) is 0 Å². The molecule has 0 radical (unpaired) electrons. The molecule has 0 bridgehead atoms. The number of hydrogen-bond acceptors (Lipinski definition) is 3. The number of rotatable bonds is 4. The summed E-state index contributed by atoms with van der Waals surface area (Å²) in [5.41, 5.74) is 0.640. The Morgan fingerprint density at radius 2 is 2.32 bits per heavy atom. The van der Waals surface area contributed by atoms with E-state index >= 15 is 0 Å². The third-order valence-corrected chi connectivity index (χ3v) is 3.65. The van der Waals surface area contributed by atoms with Crippen molar-refractivity contribution in [2.75, 3.05) is 27.3 Å². The van der Waals surface area contributed by atoms with Gasteiger partial charge in [-0.3, -0.25) is 4.79 Å². The Bertz CT molecular complexity index is 456. The summed E-state index contributed by atoms with van der Waals surface area (Å²) in [5.74, 6) is 0.720. The molecule has 0 spiro atoms. The lowest BCUT2D eigenvalue weighted by molar-refractivity contribution is 0.0676. The van der Waals surface area contributed by atoms with Crippen molar-refractivity contribution in [3.05, 3.63) is 28.2 Å². The van der Waals surface area contributed by atoms with Gasteiger partial charge in [0, 0.05) is 26.3 Å². The molecule has 0 N–H and O–H groups in total. The smallest absolute Gasteiger partial charge is 0.253 e. The molecule has 19 heavy (non-hydrogen) atoms. The van der Waals surface area contributed by atoms with Gasteiger partial charge in [-0.1, -0.05) is 0 Å². The summed E-state index contributed by atoms with van der Waals surface area (Å²) in [6.07, 6.45) is 2.34. The minimum atomic E-state index is -0.0219. The molecule has 0 aromatic heterocycles. The summed E-state index contributed by atoms with van der Waals surface area (Å²) in [6.45, 7) is 1.38. The third kappa shape index (κ3) is 3.70. The molecule has 1 aliphatic rings. The highest BCUT2D eigenvalue weighted by Crippen LogP contribution is 2.27. The highest BCUT2D eigenvalue weighted by Gasteiger charge is 2.17. The molecule has 1 amide bonds. The van der Waals surface area contributed by atoms with Crippen LogP contribution in [0.15, 0.2) is 22.7 Å². The lowest BCUT2D eigenvalue weighted by Gasteiger charge is -2.14. The van der Waals surface area contributed by atoms with E-state index < -0.39 is 0 Å². The van der Waals surface area contributed by atoms with Crippen LogP contribution in [0.5, 0.6) is 5.75 Å². The van der Waals surface area contributed by atoms with E-state index in [-0.39, 0.29) is 12.0 Å². The van der Waals surface area contributed by atoms with Crippen molar-refractivity contribution in [2.24, 2.45) is 0 Å². The molecule has 0 unspecified atom stereocenters. The molecule has 1 fully saturated rings. The second kappa shape index (κ2) is 6.39. The largest absolute Gasteiger partial charge is 0.490 e. The molecule has 1 atom stereocenters. The monoisotopic (exact) mass is 327 g/mol. The van der Waals surface area contributed by atoms with Crippen molar-refractivity contribution in [2.45, 2.75) is 18.9 Å². The molecule has 1 heterocycles. The molecular formula is C14H18BrNO3. The average molecular weight is 328 g/mol. The Balaban J connectivity index is 2.00. The van der Waals surface area contributed by atoms with Gasteiger partial charge in [-0.2, -0.15) is 0 Å². The second-order valence-electron chi connectivity index (χ2n) is 4.79. The zero-order valence-electron chi connectivity index (χ0n) is 11.2. The molecule has 1 aromatic carbocycles. The van der Waals surface area contributed by atoms with Crippen LogP contribution >= 0.6 is 15.9 Å². The van der Waals surface area contributed by atoms with Gasteiger partial charge >= 0.3 is 0 Å². The number of hydrogen-bond donors (Lipinski definition) is 0. The third-order valence-electron chi connectivity index (χ3n) is 3.03. The first-order chi connectivity index (χ1) is 9.08. The predicted molar refractivity (Wildman–Crippen MR) is 76.6 cm³/mol. The number of nitrogens with zero attached hydrogens (tertiary/aromatic N) is 1. The molecule has 1 aromatic rings. The Hall–Kier alpha value is -1.07. The number of benzene rings is 1. The van der Waals surface area contributed by atoms with Crippen LogP contribution in [0, 0.1) is 0 Å². The van der Waals surface area contributed by atoms with Gasteiger partial charge in [0.15, 0.2) is 0 Å². The number of carbonyl (C=O) groups excluding carboxylic acids is 1. The van der Waals surface area contributed by atoms with Crippen LogP contribution in [0.2, 0.25) is 0 Å². The fourth-order valence-electron chi connectivity index (χ4n) is 1.97. The number of amides is 1. The maximum atomic E-state index is 11.8. The zero-order chi connectivity index (χ0) is 13.8. The molecule has 4 nitrogen and oxygen atoms in total. The molecular weight excluding hydrogens is 310 g/mol. The first-order valence-electron chi connectivity index (χ1n) is 6.33. The van der Waals surface area contributed by atoms with Crippen LogP contribution in [0.25, 0.3) is 0 Å². The van der Waals surface area contributed by atoms with E-state index in [1.54, 1.807) is 31.1 Å². The van der Waals surface area contributed by atoms with E-state index in [4.69, 9.17) is 9.47 Å². The fourth-order valence-corrected chi connectivity index (χ4v) is 2.46. The van der Waals surface area contributed by atoms with E-state index in [1.807, 2.05) is 6.07 Å². The van der Waals surface area contributed by atoms with Gasteiger partial charge in [0.25, 0.3) is 5.91 Å². The summed E-state index contributed by atoms with van der Waals surface area (Å²) < 4.78 is 12.0. The fraction of sp³-hybridized carbons (Fsp3) is 0.500. The van der Waals surface area contributed by atoms with Crippen molar-refractivity contribution in [1.82, 2.24) is 4.90 Å². The van der Waals surface area contributed by atoms with Gasteiger partial charge in [-0.25, -0.2) is 0 Å². The Labute approximate surface area is 121 Å². The van der Waals surface area contributed by atoms with E-state index in [0.717, 1.165) is 29.7 Å². The van der Waals surface area contributed by atoms with Crippen LogP contribution in [0.3, 0.4) is 0 Å². The number of carbonyl (C=O) groups is 1. The lowest BCUT2D eigenvalue weighted by atomic mass is 10.2. The highest BCUT2D eigenvalue weighted by atomic mass is 79.9. The van der Waals surface area contributed by atoms with Gasteiger partial charge in [0.2, 0.25) is 0 Å². The molecule has 104 valence electrons. The summed E-state index contributed by atoms with van der Waals surface area (Å²) in [6, 6.07) is 5.38. The second-order valence-corrected chi connectivity index (χ2v) is 5.65. The topological polar surface area (TPSA) is 38.8 Å². The van der Waals surface area contributed by atoms with Gasteiger partial charge in [-0.05, 0) is 47.0 Å². The highest BCUT2D eigenvalue weighted by molar-refractivity contribution is 9.10. The molecule has 0 aliphatic carbocycles. The van der Waals surface area contributed by atoms with Gasteiger partial charge in [0.1, 0.15) is 12.4 Å². The molecule has 0 saturated carbocycles. The van der Waals surface area contributed by atoms with Gasteiger partial charge < -0.3 is 14.4 Å². The van der Waals surface area contributed by atoms with E-state index in [9.17, 15) is 4.79 Å². The number of ether oxygens (including phenoxy) is 2. The Kier molecular flexibility index (Phi) is 4.82. The quantitative estimate of drug-likeness (QED) is 0.853. The standard InChI is InChI=1S/C14H18BrNO3/c1-16(2)14(17)10-5-6-13(12(15)8-10)19-9-11-4-3-7-18-11/h5-6,8,11H,3-4,7,9H2,1-2H3/t11-/m0/s1. The average Bonchev–Trinajstić information content (AvgIpc) is 2.89. The van der Waals surface area contributed by atoms with Crippen LogP contribution in [-0.4, -0.2) is 44.2 Å². The van der Waals surface area contributed by atoms with Crippen molar-refractivity contribution < 1.29 is 14.3 Å². The Morgan fingerprint density at radius 3 is 2.89 bits per heavy atom. The van der Waals surface area contributed by atoms with E-state index in [0.29, 0.717) is 12.2 Å². The minimum Gasteiger partial charge on any atom is -0.490 e. The first kappa shape index (κ1) is 14.3. The summed E-state index contributed by atoms with van der Waals surface area (Å²) >= 11 is 3.44. The summed E-state index contributed by atoms with van der Waals surface area (Å²) in [7, 11) is 3.47. The summed E-state index contributed by atoms with van der Waals surface area (Å²) in [5, 5.41) is 0. The van der Waals surface area contributed by atoms with Crippen molar-refractivity contribution in [3.63, 3.8) is 0 Å². The van der Waals surface area contributed by atoms with E-state index in [2.05, 4.69) is 15.9 Å². The Morgan fingerprint density at radius 1 is 1.53 bits per heavy atom. The lowest BCUT2D eigenvalue weighted by Crippen LogP contribution is -2.21.